The van der Waals surface area contributed by atoms with E-state index in [9.17, 15) is 8.42 Å². The first-order valence-electron chi connectivity index (χ1n) is 6.21. The van der Waals surface area contributed by atoms with Crippen LogP contribution in [0.1, 0.15) is 12.5 Å². The van der Waals surface area contributed by atoms with Gasteiger partial charge in [-0.15, -0.1) is 0 Å². The summed E-state index contributed by atoms with van der Waals surface area (Å²) < 4.78 is 26.8. The zero-order valence-electron chi connectivity index (χ0n) is 11.1. The lowest BCUT2D eigenvalue weighted by molar-refractivity contribution is 0.591. The van der Waals surface area contributed by atoms with Crippen molar-refractivity contribution in [1.29, 1.82) is 0 Å². The van der Waals surface area contributed by atoms with Crippen molar-refractivity contribution in [1.82, 2.24) is 0 Å². The molecule has 0 heterocycles. The number of sulfonamides is 1. The molecule has 0 aliphatic heterocycles. The molecule has 2 aromatic rings. The van der Waals surface area contributed by atoms with Crippen LogP contribution in [0.15, 0.2) is 59.5 Å². The Balaban J connectivity index is 2.52. The average Bonchev–Trinajstić information content (AvgIpc) is 2.40. The van der Waals surface area contributed by atoms with Crippen LogP contribution in [0.5, 0.6) is 0 Å². The highest BCUT2D eigenvalue weighted by Gasteiger charge is 2.24. The molecule has 0 bridgehead atoms. The second-order valence-electron chi connectivity index (χ2n) is 4.27. The van der Waals surface area contributed by atoms with E-state index in [1.807, 2.05) is 44.2 Å². The Bertz CT molecular complexity index is 651. The molecule has 100 valence electrons. The van der Waals surface area contributed by atoms with Gasteiger partial charge >= 0.3 is 0 Å². The van der Waals surface area contributed by atoms with Crippen molar-refractivity contribution in [3.8, 4) is 0 Å². The number of hydrogen-bond donors (Lipinski definition) is 0. The summed E-state index contributed by atoms with van der Waals surface area (Å²) in [6.45, 7) is 4.05. The molecule has 0 saturated heterocycles. The van der Waals surface area contributed by atoms with E-state index in [0.717, 1.165) is 5.56 Å². The number of hydrogen-bond acceptors (Lipinski definition) is 2. The van der Waals surface area contributed by atoms with E-state index in [1.54, 1.807) is 24.3 Å². The summed E-state index contributed by atoms with van der Waals surface area (Å²) in [6, 6.07) is 16.2. The van der Waals surface area contributed by atoms with E-state index in [-0.39, 0.29) is 0 Å². The van der Waals surface area contributed by atoms with Crippen LogP contribution in [-0.4, -0.2) is 15.0 Å². The zero-order chi connectivity index (χ0) is 13.9. The lowest BCUT2D eigenvalue weighted by Gasteiger charge is -2.23. The lowest BCUT2D eigenvalue weighted by Crippen LogP contribution is -2.31. The number of nitrogens with zero attached hydrogens (tertiary/aromatic N) is 1. The fourth-order valence-electron chi connectivity index (χ4n) is 2.05. The summed E-state index contributed by atoms with van der Waals surface area (Å²) in [6.07, 6.45) is 0. The zero-order valence-corrected chi connectivity index (χ0v) is 11.9. The first-order valence-corrected chi connectivity index (χ1v) is 7.65. The van der Waals surface area contributed by atoms with Gasteiger partial charge < -0.3 is 0 Å². The lowest BCUT2D eigenvalue weighted by atomic mass is 10.2. The van der Waals surface area contributed by atoms with Gasteiger partial charge in [-0.25, -0.2) is 8.42 Å². The first-order chi connectivity index (χ1) is 9.07. The monoisotopic (exact) mass is 275 g/mol. The fourth-order valence-corrected chi connectivity index (χ4v) is 3.75. The molecule has 0 radical (unpaired) electrons. The number of para-hydroxylation sites is 1. The van der Waals surface area contributed by atoms with Crippen LogP contribution in [0.2, 0.25) is 0 Å². The Labute approximate surface area is 114 Å². The van der Waals surface area contributed by atoms with Gasteiger partial charge in [-0.05, 0) is 37.6 Å². The summed E-state index contributed by atoms with van der Waals surface area (Å²) in [4.78, 5) is 0.362. The standard InChI is InChI=1S/C15H17NO2S/c1-3-16(14-10-5-4-6-11-14)19(17,18)15-12-8-7-9-13(15)2/h4-12H,3H2,1-2H3. The summed E-state index contributed by atoms with van der Waals surface area (Å²) in [7, 11) is -3.50. The van der Waals surface area contributed by atoms with Crippen LogP contribution in [0, 0.1) is 6.92 Å². The topological polar surface area (TPSA) is 37.4 Å². The third kappa shape index (κ3) is 2.63. The summed E-state index contributed by atoms with van der Waals surface area (Å²) >= 11 is 0. The number of aryl methyl sites for hydroxylation is 1. The second kappa shape index (κ2) is 5.45. The average molecular weight is 275 g/mol. The minimum absolute atomic E-state index is 0.362. The Morgan fingerprint density at radius 1 is 0.947 bits per heavy atom. The van der Waals surface area contributed by atoms with Gasteiger partial charge in [0.15, 0.2) is 0 Å². The predicted octanol–water partition coefficient (Wildman–Crippen LogP) is 3.21. The summed E-state index contributed by atoms with van der Waals surface area (Å²) in [5.74, 6) is 0. The van der Waals surface area contributed by atoms with E-state index in [4.69, 9.17) is 0 Å². The highest BCUT2D eigenvalue weighted by Crippen LogP contribution is 2.24. The van der Waals surface area contributed by atoms with Gasteiger partial charge in [-0.1, -0.05) is 36.4 Å². The molecule has 0 saturated carbocycles. The van der Waals surface area contributed by atoms with Gasteiger partial charge in [0.1, 0.15) is 0 Å². The van der Waals surface area contributed by atoms with Gasteiger partial charge in [0.05, 0.1) is 10.6 Å². The molecule has 0 amide bonds. The molecule has 2 aromatic carbocycles. The SMILES string of the molecule is CCN(c1ccccc1)S(=O)(=O)c1ccccc1C. The summed E-state index contributed by atoms with van der Waals surface area (Å²) in [5, 5.41) is 0. The van der Waals surface area contributed by atoms with E-state index >= 15 is 0 Å². The molecule has 0 aromatic heterocycles. The molecule has 0 fully saturated rings. The number of anilines is 1. The second-order valence-corrected chi connectivity index (χ2v) is 6.10. The van der Waals surface area contributed by atoms with E-state index < -0.39 is 10.0 Å². The number of benzene rings is 2. The summed E-state index contributed by atoms with van der Waals surface area (Å²) in [5.41, 5.74) is 1.45. The maximum absolute atomic E-state index is 12.7. The molecule has 0 spiro atoms. The largest absolute Gasteiger partial charge is 0.267 e. The van der Waals surface area contributed by atoms with Gasteiger partial charge in [0.25, 0.3) is 10.0 Å². The van der Waals surface area contributed by atoms with Gasteiger partial charge in [-0.2, -0.15) is 0 Å². The van der Waals surface area contributed by atoms with Crippen molar-refractivity contribution in [2.75, 3.05) is 10.8 Å². The molecule has 19 heavy (non-hydrogen) atoms. The van der Waals surface area contributed by atoms with Crippen LogP contribution in [0.3, 0.4) is 0 Å². The van der Waals surface area contributed by atoms with Crippen LogP contribution >= 0.6 is 0 Å². The maximum atomic E-state index is 12.7. The molecule has 3 nitrogen and oxygen atoms in total. The Morgan fingerprint density at radius 3 is 2.11 bits per heavy atom. The van der Waals surface area contributed by atoms with Gasteiger partial charge in [0, 0.05) is 6.54 Å². The van der Waals surface area contributed by atoms with Gasteiger partial charge in [-0.3, -0.25) is 4.31 Å². The quantitative estimate of drug-likeness (QED) is 0.859. The Kier molecular flexibility index (Phi) is 3.90. The molecule has 0 aliphatic rings. The molecule has 0 aliphatic carbocycles. The van der Waals surface area contributed by atoms with Crippen LogP contribution in [-0.2, 0) is 10.0 Å². The van der Waals surface area contributed by atoms with Crippen LogP contribution in [0.4, 0.5) is 5.69 Å². The highest BCUT2D eigenvalue weighted by molar-refractivity contribution is 7.92. The van der Waals surface area contributed by atoms with Crippen molar-refractivity contribution in [2.24, 2.45) is 0 Å². The van der Waals surface area contributed by atoms with Crippen LogP contribution < -0.4 is 4.31 Å². The highest BCUT2D eigenvalue weighted by atomic mass is 32.2. The van der Waals surface area contributed by atoms with E-state index in [0.29, 0.717) is 17.1 Å². The number of rotatable bonds is 4. The van der Waals surface area contributed by atoms with E-state index in [2.05, 4.69) is 0 Å². The minimum Gasteiger partial charge on any atom is -0.267 e. The van der Waals surface area contributed by atoms with Crippen molar-refractivity contribution in [3.63, 3.8) is 0 Å². The minimum atomic E-state index is -3.50. The van der Waals surface area contributed by atoms with Gasteiger partial charge in [0.2, 0.25) is 0 Å². The smallest absolute Gasteiger partial charge is 0.264 e. The predicted molar refractivity (Wildman–Crippen MR) is 77.8 cm³/mol. The van der Waals surface area contributed by atoms with Crippen LogP contribution in [0.25, 0.3) is 0 Å². The van der Waals surface area contributed by atoms with Crippen molar-refractivity contribution >= 4 is 15.7 Å². The molecule has 0 atom stereocenters. The molecular weight excluding hydrogens is 258 g/mol. The molecule has 0 unspecified atom stereocenters. The normalized spacial score (nSPS) is 11.3. The van der Waals surface area contributed by atoms with Crippen molar-refractivity contribution < 1.29 is 8.42 Å². The molecule has 0 N–H and O–H groups in total. The Morgan fingerprint density at radius 2 is 1.53 bits per heavy atom. The van der Waals surface area contributed by atoms with E-state index in [1.165, 1.54) is 4.31 Å². The molecule has 2 rings (SSSR count). The maximum Gasteiger partial charge on any atom is 0.264 e. The molecule has 4 heteroatoms. The Hall–Kier alpha value is -1.81. The fraction of sp³-hybridized carbons (Fsp3) is 0.200. The van der Waals surface area contributed by atoms with Crippen molar-refractivity contribution in [3.05, 3.63) is 60.2 Å². The van der Waals surface area contributed by atoms with Crippen molar-refractivity contribution in [2.45, 2.75) is 18.7 Å². The third-order valence-electron chi connectivity index (χ3n) is 2.99. The molecular formula is C15H17NO2S. The first kappa shape index (κ1) is 13.6. The third-order valence-corrected chi connectivity index (χ3v) is 5.06.